The van der Waals surface area contributed by atoms with Gasteiger partial charge in [-0.1, -0.05) is 25.1 Å². The summed E-state index contributed by atoms with van der Waals surface area (Å²) in [6.07, 6.45) is 1.56. The lowest BCUT2D eigenvalue weighted by atomic mass is 10.0. The summed E-state index contributed by atoms with van der Waals surface area (Å²) in [7, 11) is 0. The van der Waals surface area contributed by atoms with E-state index < -0.39 is 6.10 Å². The first-order valence-corrected chi connectivity index (χ1v) is 5.96. The average molecular weight is 221 g/mol. The summed E-state index contributed by atoms with van der Waals surface area (Å²) in [5, 5.41) is 13.3. The van der Waals surface area contributed by atoms with Crippen LogP contribution in [0.25, 0.3) is 0 Å². The molecule has 16 heavy (non-hydrogen) atoms. The number of rotatable bonds is 5. The van der Waals surface area contributed by atoms with Gasteiger partial charge in [-0.2, -0.15) is 0 Å². The Morgan fingerprint density at radius 3 is 3.19 bits per heavy atom. The monoisotopic (exact) mass is 221 g/mol. The number of fused-ring (bicyclic) bond motifs is 1. The van der Waals surface area contributed by atoms with E-state index in [0.717, 1.165) is 37.3 Å². The van der Waals surface area contributed by atoms with E-state index >= 15 is 0 Å². The molecule has 0 fully saturated rings. The van der Waals surface area contributed by atoms with E-state index in [1.54, 1.807) is 0 Å². The van der Waals surface area contributed by atoms with Gasteiger partial charge >= 0.3 is 0 Å². The van der Waals surface area contributed by atoms with E-state index in [1.165, 1.54) is 5.56 Å². The van der Waals surface area contributed by atoms with Crippen LogP contribution in [0, 0.1) is 0 Å². The average Bonchev–Trinajstić information content (AvgIpc) is 2.76. The van der Waals surface area contributed by atoms with Gasteiger partial charge in [0.05, 0.1) is 12.7 Å². The molecule has 0 bridgehead atoms. The van der Waals surface area contributed by atoms with Crippen molar-refractivity contribution < 1.29 is 9.84 Å². The third-order valence-electron chi connectivity index (χ3n) is 2.87. The Labute approximate surface area is 96.4 Å². The normalized spacial score (nSPS) is 15.6. The summed E-state index contributed by atoms with van der Waals surface area (Å²) >= 11 is 0. The van der Waals surface area contributed by atoms with Crippen molar-refractivity contribution in [2.24, 2.45) is 0 Å². The number of para-hydroxylation sites is 1. The number of nitrogens with one attached hydrogen (secondary N) is 1. The molecule has 0 spiro atoms. The molecule has 1 aliphatic heterocycles. The summed E-state index contributed by atoms with van der Waals surface area (Å²) in [6.45, 7) is 4.38. The van der Waals surface area contributed by atoms with Gasteiger partial charge < -0.3 is 15.2 Å². The van der Waals surface area contributed by atoms with Gasteiger partial charge in [0.15, 0.2) is 0 Å². The summed E-state index contributed by atoms with van der Waals surface area (Å²) in [6, 6.07) is 6.01. The predicted octanol–water partition coefficient (Wildman–Crippen LogP) is 1.65. The van der Waals surface area contributed by atoms with Gasteiger partial charge in [0, 0.05) is 18.5 Å². The molecule has 0 aromatic heterocycles. The van der Waals surface area contributed by atoms with E-state index in [1.807, 2.05) is 12.1 Å². The maximum absolute atomic E-state index is 10.1. The van der Waals surface area contributed by atoms with Crippen LogP contribution in [-0.4, -0.2) is 24.8 Å². The zero-order chi connectivity index (χ0) is 11.4. The molecule has 3 nitrogen and oxygen atoms in total. The number of hydrogen-bond acceptors (Lipinski definition) is 3. The van der Waals surface area contributed by atoms with Crippen molar-refractivity contribution in [3.63, 3.8) is 0 Å². The summed E-state index contributed by atoms with van der Waals surface area (Å²) < 4.78 is 5.57. The first-order chi connectivity index (χ1) is 7.83. The first kappa shape index (κ1) is 11.4. The Kier molecular flexibility index (Phi) is 3.80. The molecule has 1 atom stereocenters. The number of hydrogen-bond donors (Lipinski definition) is 2. The van der Waals surface area contributed by atoms with Crippen molar-refractivity contribution >= 4 is 0 Å². The van der Waals surface area contributed by atoms with Crippen LogP contribution in [0.5, 0.6) is 5.75 Å². The van der Waals surface area contributed by atoms with Gasteiger partial charge in [-0.25, -0.2) is 0 Å². The molecule has 0 saturated heterocycles. The molecule has 88 valence electrons. The van der Waals surface area contributed by atoms with Gasteiger partial charge in [0.1, 0.15) is 5.75 Å². The molecule has 1 heterocycles. The van der Waals surface area contributed by atoms with Crippen LogP contribution >= 0.6 is 0 Å². The molecule has 0 amide bonds. The van der Waals surface area contributed by atoms with Gasteiger partial charge in [0.25, 0.3) is 0 Å². The molecular formula is C13H19NO2. The Bertz CT molecular complexity index is 352. The van der Waals surface area contributed by atoms with E-state index in [4.69, 9.17) is 4.74 Å². The SMILES string of the molecule is CCCNCC(O)c1cccc2c1OCC2. The van der Waals surface area contributed by atoms with Crippen LogP contribution in [0.3, 0.4) is 0 Å². The summed E-state index contributed by atoms with van der Waals surface area (Å²) in [5.74, 6) is 0.897. The van der Waals surface area contributed by atoms with Crippen LogP contribution < -0.4 is 10.1 Å². The van der Waals surface area contributed by atoms with Gasteiger partial charge in [-0.05, 0) is 18.5 Å². The lowest BCUT2D eigenvalue weighted by molar-refractivity contribution is 0.170. The lowest BCUT2D eigenvalue weighted by Gasteiger charge is -2.15. The minimum absolute atomic E-state index is 0.473. The summed E-state index contributed by atoms with van der Waals surface area (Å²) in [5.41, 5.74) is 2.13. The van der Waals surface area contributed by atoms with Crippen LogP contribution in [-0.2, 0) is 6.42 Å². The summed E-state index contributed by atoms with van der Waals surface area (Å²) in [4.78, 5) is 0. The molecule has 1 unspecified atom stereocenters. The third kappa shape index (κ3) is 2.36. The van der Waals surface area contributed by atoms with Crippen LogP contribution in [0.1, 0.15) is 30.6 Å². The fourth-order valence-electron chi connectivity index (χ4n) is 2.03. The van der Waals surface area contributed by atoms with Crippen molar-refractivity contribution in [1.29, 1.82) is 0 Å². The third-order valence-corrected chi connectivity index (χ3v) is 2.87. The second-order valence-corrected chi connectivity index (χ2v) is 4.15. The number of benzene rings is 1. The Balaban J connectivity index is 2.05. The van der Waals surface area contributed by atoms with Crippen molar-refractivity contribution in [2.45, 2.75) is 25.9 Å². The highest BCUT2D eigenvalue weighted by Crippen LogP contribution is 2.33. The fraction of sp³-hybridized carbons (Fsp3) is 0.538. The van der Waals surface area contributed by atoms with Gasteiger partial charge in [-0.15, -0.1) is 0 Å². The first-order valence-electron chi connectivity index (χ1n) is 5.96. The van der Waals surface area contributed by atoms with Crippen LogP contribution in [0.2, 0.25) is 0 Å². The van der Waals surface area contributed by atoms with Gasteiger partial charge in [-0.3, -0.25) is 0 Å². The van der Waals surface area contributed by atoms with Crippen molar-refractivity contribution in [2.75, 3.05) is 19.7 Å². The van der Waals surface area contributed by atoms with E-state index in [9.17, 15) is 5.11 Å². The molecule has 0 radical (unpaired) electrons. The van der Waals surface area contributed by atoms with Crippen LogP contribution in [0.15, 0.2) is 18.2 Å². The highest BCUT2D eigenvalue weighted by molar-refractivity contribution is 5.45. The molecule has 3 heteroatoms. The molecular weight excluding hydrogens is 202 g/mol. The molecule has 2 N–H and O–H groups in total. The smallest absolute Gasteiger partial charge is 0.128 e. The highest BCUT2D eigenvalue weighted by Gasteiger charge is 2.20. The largest absolute Gasteiger partial charge is 0.493 e. The molecule has 0 saturated carbocycles. The zero-order valence-corrected chi connectivity index (χ0v) is 9.70. The predicted molar refractivity (Wildman–Crippen MR) is 63.8 cm³/mol. The fourth-order valence-corrected chi connectivity index (χ4v) is 2.03. The molecule has 1 aromatic carbocycles. The highest BCUT2D eigenvalue weighted by atomic mass is 16.5. The molecule has 1 aromatic rings. The quantitative estimate of drug-likeness (QED) is 0.743. The molecule has 2 rings (SSSR count). The Morgan fingerprint density at radius 1 is 1.50 bits per heavy atom. The standard InChI is InChI=1S/C13H19NO2/c1-2-7-14-9-12(15)11-5-3-4-10-6-8-16-13(10)11/h3-5,12,14-15H,2,6-9H2,1H3. The topological polar surface area (TPSA) is 41.5 Å². The molecule has 0 aliphatic carbocycles. The second kappa shape index (κ2) is 5.32. The number of aliphatic hydroxyl groups is 1. The maximum atomic E-state index is 10.1. The molecule has 1 aliphatic rings. The number of ether oxygens (including phenoxy) is 1. The zero-order valence-electron chi connectivity index (χ0n) is 9.70. The Hall–Kier alpha value is -1.06. The second-order valence-electron chi connectivity index (χ2n) is 4.15. The minimum Gasteiger partial charge on any atom is -0.493 e. The lowest BCUT2D eigenvalue weighted by Crippen LogP contribution is -2.22. The van der Waals surface area contributed by atoms with Crippen LogP contribution in [0.4, 0.5) is 0 Å². The van der Waals surface area contributed by atoms with E-state index in [2.05, 4.69) is 18.3 Å². The van der Waals surface area contributed by atoms with Gasteiger partial charge in [0.2, 0.25) is 0 Å². The minimum atomic E-state index is -0.473. The number of aliphatic hydroxyl groups excluding tert-OH is 1. The van der Waals surface area contributed by atoms with Crippen molar-refractivity contribution in [1.82, 2.24) is 5.32 Å². The van der Waals surface area contributed by atoms with E-state index in [0.29, 0.717) is 6.54 Å². The van der Waals surface area contributed by atoms with E-state index in [-0.39, 0.29) is 0 Å². The Morgan fingerprint density at radius 2 is 2.38 bits per heavy atom. The van der Waals surface area contributed by atoms with Crippen molar-refractivity contribution in [3.05, 3.63) is 29.3 Å². The van der Waals surface area contributed by atoms with Crippen molar-refractivity contribution in [3.8, 4) is 5.75 Å². The maximum Gasteiger partial charge on any atom is 0.128 e.